The number of nitrogens with zero attached hydrogens (tertiary/aromatic N) is 3. The minimum atomic E-state index is -0.0245. The Kier molecular flexibility index (Phi) is 5.35. The molecule has 18 heavy (non-hydrogen) atoms. The summed E-state index contributed by atoms with van der Waals surface area (Å²) in [5, 5.41) is 5.68. The number of carbonyl (C=O) groups excluding carboxylic acids is 1. The Balaban J connectivity index is 3.08. The topological polar surface area (TPSA) is 70.2 Å². The zero-order valence-corrected chi connectivity index (χ0v) is 11.4. The standard InChI is InChI=1S/C12H21N5O/c1-5-9-11(14-4)15-8-16-12(9)17(6-2)7-10(18)13-3/h8H,5-7H2,1-4H3,(H,13,18)(H,14,15,16). The zero-order chi connectivity index (χ0) is 13.5. The SMILES string of the molecule is CCc1c(NC)ncnc1N(CC)CC(=O)NC. The first-order valence-electron chi connectivity index (χ1n) is 6.15. The van der Waals surface area contributed by atoms with Gasteiger partial charge in [0.15, 0.2) is 0 Å². The van der Waals surface area contributed by atoms with Gasteiger partial charge < -0.3 is 15.5 Å². The summed E-state index contributed by atoms with van der Waals surface area (Å²) in [4.78, 5) is 21.9. The third-order valence-corrected chi connectivity index (χ3v) is 2.81. The summed E-state index contributed by atoms with van der Waals surface area (Å²) in [6.45, 7) is 5.08. The second-order valence-corrected chi connectivity index (χ2v) is 3.82. The minimum Gasteiger partial charge on any atom is -0.373 e. The average Bonchev–Trinajstić information content (AvgIpc) is 2.43. The number of carbonyl (C=O) groups is 1. The molecule has 0 aromatic carbocycles. The highest BCUT2D eigenvalue weighted by molar-refractivity contribution is 5.81. The molecule has 6 nitrogen and oxygen atoms in total. The van der Waals surface area contributed by atoms with Gasteiger partial charge in [-0.1, -0.05) is 6.92 Å². The van der Waals surface area contributed by atoms with Crippen molar-refractivity contribution < 1.29 is 4.79 Å². The Bertz CT molecular complexity index is 407. The Labute approximate surface area is 108 Å². The highest BCUT2D eigenvalue weighted by Gasteiger charge is 2.16. The fourth-order valence-corrected chi connectivity index (χ4v) is 1.81. The predicted octanol–water partition coefficient (Wildman–Crippen LogP) is 0.653. The number of hydrogen-bond donors (Lipinski definition) is 2. The Morgan fingerprint density at radius 1 is 1.33 bits per heavy atom. The molecule has 100 valence electrons. The van der Waals surface area contributed by atoms with Crippen molar-refractivity contribution in [1.82, 2.24) is 15.3 Å². The van der Waals surface area contributed by atoms with Crippen molar-refractivity contribution in [3.8, 4) is 0 Å². The maximum atomic E-state index is 11.5. The van der Waals surface area contributed by atoms with Crippen LogP contribution in [-0.4, -0.2) is 43.1 Å². The Morgan fingerprint density at radius 2 is 2.06 bits per heavy atom. The van der Waals surface area contributed by atoms with Gasteiger partial charge >= 0.3 is 0 Å². The van der Waals surface area contributed by atoms with Crippen molar-refractivity contribution in [3.63, 3.8) is 0 Å². The molecule has 0 aliphatic carbocycles. The monoisotopic (exact) mass is 251 g/mol. The molecule has 0 aliphatic heterocycles. The van der Waals surface area contributed by atoms with E-state index in [0.29, 0.717) is 6.54 Å². The molecule has 2 N–H and O–H groups in total. The quantitative estimate of drug-likeness (QED) is 0.777. The van der Waals surface area contributed by atoms with Crippen LogP contribution < -0.4 is 15.5 Å². The number of likely N-dealkylation sites (N-methyl/N-ethyl adjacent to an activating group) is 2. The molecule has 1 heterocycles. The zero-order valence-electron chi connectivity index (χ0n) is 11.4. The van der Waals surface area contributed by atoms with Gasteiger partial charge in [-0.25, -0.2) is 9.97 Å². The molecule has 0 radical (unpaired) electrons. The number of rotatable bonds is 6. The maximum Gasteiger partial charge on any atom is 0.239 e. The normalized spacial score (nSPS) is 10.0. The van der Waals surface area contributed by atoms with Crippen LogP contribution in [0.15, 0.2) is 6.33 Å². The van der Waals surface area contributed by atoms with E-state index in [1.165, 1.54) is 6.33 Å². The molecule has 0 unspecified atom stereocenters. The van der Waals surface area contributed by atoms with E-state index in [1.807, 2.05) is 18.9 Å². The van der Waals surface area contributed by atoms with Crippen molar-refractivity contribution >= 4 is 17.5 Å². The third kappa shape index (κ3) is 3.09. The minimum absolute atomic E-state index is 0.0245. The van der Waals surface area contributed by atoms with Crippen molar-refractivity contribution in [2.45, 2.75) is 20.3 Å². The van der Waals surface area contributed by atoms with Crippen molar-refractivity contribution in [2.75, 3.05) is 37.4 Å². The Hall–Kier alpha value is -1.85. The van der Waals surface area contributed by atoms with Crippen molar-refractivity contribution in [1.29, 1.82) is 0 Å². The lowest BCUT2D eigenvalue weighted by Crippen LogP contribution is -2.36. The molecule has 6 heteroatoms. The third-order valence-electron chi connectivity index (χ3n) is 2.81. The van der Waals surface area contributed by atoms with E-state index in [2.05, 4.69) is 27.5 Å². The van der Waals surface area contributed by atoms with Crippen molar-refractivity contribution in [3.05, 3.63) is 11.9 Å². The second kappa shape index (κ2) is 6.78. The predicted molar refractivity (Wildman–Crippen MR) is 72.9 cm³/mol. The van der Waals surface area contributed by atoms with Crippen LogP contribution in [0, 0.1) is 0 Å². The van der Waals surface area contributed by atoms with Gasteiger partial charge in [0.2, 0.25) is 5.91 Å². The second-order valence-electron chi connectivity index (χ2n) is 3.82. The molecule has 1 amide bonds. The number of hydrogen-bond acceptors (Lipinski definition) is 5. The van der Waals surface area contributed by atoms with Gasteiger partial charge in [-0.15, -0.1) is 0 Å². The van der Waals surface area contributed by atoms with Crippen LogP contribution in [0.3, 0.4) is 0 Å². The summed E-state index contributed by atoms with van der Waals surface area (Å²) in [6, 6.07) is 0. The van der Waals surface area contributed by atoms with E-state index in [1.54, 1.807) is 7.05 Å². The van der Waals surface area contributed by atoms with E-state index < -0.39 is 0 Å². The highest BCUT2D eigenvalue weighted by atomic mass is 16.1. The summed E-state index contributed by atoms with van der Waals surface area (Å²) < 4.78 is 0. The fourth-order valence-electron chi connectivity index (χ4n) is 1.81. The van der Waals surface area contributed by atoms with Crippen LogP contribution in [0.4, 0.5) is 11.6 Å². The van der Waals surface area contributed by atoms with E-state index in [-0.39, 0.29) is 5.91 Å². The van der Waals surface area contributed by atoms with E-state index >= 15 is 0 Å². The van der Waals surface area contributed by atoms with E-state index in [9.17, 15) is 4.79 Å². The summed E-state index contributed by atoms with van der Waals surface area (Å²) in [7, 11) is 3.47. The van der Waals surface area contributed by atoms with Gasteiger partial charge in [0.25, 0.3) is 0 Å². The average molecular weight is 251 g/mol. The number of anilines is 2. The first-order valence-corrected chi connectivity index (χ1v) is 6.15. The smallest absolute Gasteiger partial charge is 0.239 e. The lowest BCUT2D eigenvalue weighted by atomic mass is 10.2. The molecule has 1 aromatic heterocycles. The molecule has 0 atom stereocenters. The van der Waals surface area contributed by atoms with Crippen LogP contribution in [0.5, 0.6) is 0 Å². The summed E-state index contributed by atoms with van der Waals surface area (Å²) in [5.74, 6) is 1.62. The van der Waals surface area contributed by atoms with Gasteiger partial charge in [-0.2, -0.15) is 0 Å². The first-order chi connectivity index (χ1) is 8.67. The highest BCUT2D eigenvalue weighted by Crippen LogP contribution is 2.23. The maximum absolute atomic E-state index is 11.5. The van der Waals surface area contributed by atoms with Gasteiger partial charge in [0.05, 0.1) is 6.54 Å². The molecule has 0 spiro atoms. The lowest BCUT2D eigenvalue weighted by molar-refractivity contribution is -0.119. The molecule has 0 saturated heterocycles. The van der Waals surface area contributed by atoms with Crippen molar-refractivity contribution in [2.24, 2.45) is 0 Å². The number of aromatic nitrogens is 2. The number of amides is 1. The Morgan fingerprint density at radius 3 is 2.56 bits per heavy atom. The fraction of sp³-hybridized carbons (Fsp3) is 0.583. The molecule has 0 bridgehead atoms. The van der Waals surface area contributed by atoms with Crippen LogP contribution in [0.25, 0.3) is 0 Å². The molecule has 1 rings (SSSR count). The van der Waals surface area contributed by atoms with E-state index in [4.69, 9.17) is 0 Å². The van der Waals surface area contributed by atoms with Crippen LogP contribution in [-0.2, 0) is 11.2 Å². The molecular formula is C12H21N5O. The molecule has 0 aliphatic rings. The van der Waals surface area contributed by atoms with Crippen LogP contribution >= 0.6 is 0 Å². The van der Waals surface area contributed by atoms with Gasteiger partial charge in [-0.05, 0) is 13.3 Å². The molecular weight excluding hydrogens is 230 g/mol. The largest absolute Gasteiger partial charge is 0.373 e. The molecule has 0 saturated carbocycles. The summed E-state index contributed by atoms with van der Waals surface area (Å²) >= 11 is 0. The summed E-state index contributed by atoms with van der Waals surface area (Å²) in [6.07, 6.45) is 2.34. The van der Waals surface area contributed by atoms with Crippen LogP contribution in [0.1, 0.15) is 19.4 Å². The first kappa shape index (κ1) is 14.2. The lowest BCUT2D eigenvalue weighted by Gasteiger charge is -2.24. The number of nitrogens with one attached hydrogen (secondary N) is 2. The van der Waals surface area contributed by atoms with Gasteiger partial charge in [0, 0.05) is 26.2 Å². The molecule has 0 fully saturated rings. The van der Waals surface area contributed by atoms with Gasteiger partial charge in [-0.3, -0.25) is 4.79 Å². The van der Waals surface area contributed by atoms with Crippen LogP contribution in [0.2, 0.25) is 0 Å². The van der Waals surface area contributed by atoms with Gasteiger partial charge in [0.1, 0.15) is 18.0 Å². The molecule has 1 aromatic rings. The summed E-state index contributed by atoms with van der Waals surface area (Å²) in [5.41, 5.74) is 1.03. The van der Waals surface area contributed by atoms with E-state index in [0.717, 1.165) is 30.2 Å².